The molecule has 0 aromatic carbocycles. The Morgan fingerprint density at radius 3 is 2.38 bits per heavy atom. The van der Waals surface area contributed by atoms with Crippen molar-refractivity contribution in [3.05, 3.63) is 17.6 Å². The van der Waals surface area contributed by atoms with Crippen LogP contribution in [0.15, 0.2) is 6.07 Å². The van der Waals surface area contributed by atoms with Crippen LogP contribution in [0, 0.1) is 6.92 Å². The largest absolute Gasteiger partial charge is 0.467 e. The molecule has 0 bridgehead atoms. The van der Waals surface area contributed by atoms with Crippen molar-refractivity contribution in [1.82, 2.24) is 9.97 Å². The van der Waals surface area contributed by atoms with Gasteiger partial charge in [-0.25, -0.2) is 9.78 Å². The molecule has 1 saturated carbocycles. The van der Waals surface area contributed by atoms with Crippen LogP contribution in [0.25, 0.3) is 0 Å². The number of aromatic nitrogens is 2. The number of nitrogens with zero attached hydrogens (tertiary/aromatic N) is 2. The Labute approximate surface area is 141 Å². The standard InChI is InChI=1S/C15H22N2O6S/c1-10-9-12(23-24(4,19)20)17-13(16-10)11-5-7-15(22-3,8-6-11)14(18)21-2/h9,11H,5-8H2,1-4H3. The van der Waals surface area contributed by atoms with Gasteiger partial charge in [-0.15, -0.1) is 0 Å². The topological polar surface area (TPSA) is 105 Å². The fourth-order valence-electron chi connectivity index (χ4n) is 2.96. The molecule has 1 fully saturated rings. The van der Waals surface area contributed by atoms with Gasteiger partial charge in [0.25, 0.3) is 0 Å². The first-order chi connectivity index (χ1) is 11.2. The minimum atomic E-state index is -3.65. The first-order valence-electron chi connectivity index (χ1n) is 7.58. The van der Waals surface area contributed by atoms with Crippen molar-refractivity contribution in [1.29, 1.82) is 0 Å². The third-order valence-electron chi connectivity index (χ3n) is 4.19. The average molecular weight is 358 g/mol. The summed E-state index contributed by atoms with van der Waals surface area (Å²) in [5, 5.41) is 0. The normalized spacial score (nSPS) is 24.4. The molecule has 0 atom stereocenters. The molecule has 1 aromatic heterocycles. The second-order valence-electron chi connectivity index (χ2n) is 5.96. The van der Waals surface area contributed by atoms with E-state index >= 15 is 0 Å². The zero-order valence-corrected chi connectivity index (χ0v) is 15.1. The van der Waals surface area contributed by atoms with Gasteiger partial charge in [-0.2, -0.15) is 13.4 Å². The molecule has 2 rings (SSSR count). The van der Waals surface area contributed by atoms with Crippen LogP contribution in [0.5, 0.6) is 5.88 Å². The van der Waals surface area contributed by atoms with E-state index in [1.54, 1.807) is 6.92 Å². The smallest absolute Gasteiger partial charge is 0.338 e. The average Bonchev–Trinajstić information content (AvgIpc) is 2.52. The number of methoxy groups -OCH3 is 2. The molecule has 9 heteroatoms. The van der Waals surface area contributed by atoms with Crippen LogP contribution >= 0.6 is 0 Å². The van der Waals surface area contributed by atoms with Gasteiger partial charge >= 0.3 is 16.1 Å². The van der Waals surface area contributed by atoms with Gasteiger partial charge in [-0.3, -0.25) is 0 Å². The lowest BCUT2D eigenvalue weighted by Crippen LogP contribution is -2.44. The number of aryl methyl sites for hydroxylation is 1. The first kappa shape index (κ1) is 18.6. The van der Waals surface area contributed by atoms with Crippen LogP contribution in [0.4, 0.5) is 0 Å². The Hall–Kier alpha value is -1.74. The predicted octanol–water partition coefficient (Wildman–Crippen LogP) is 1.34. The highest BCUT2D eigenvalue weighted by molar-refractivity contribution is 7.86. The highest BCUT2D eigenvalue weighted by atomic mass is 32.2. The van der Waals surface area contributed by atoms with Crippen LogP contribution < -0.4 is 4.18 Å². The fourth-order valence-corrected chi connectivity index (χ4v) is 3.36. The number of rotatable bonds is 5. The summed E-state index contributed by atoms with van der Waals surface area (Å²) in [6.07, 6.45) is 3.20. The van der Waals surface area contributed by atoms with Gasteiger partial charge in [0.05, 0.1) is 13.4 Å². The lowest BCUT2D eigenvalue weighted by Gasteiger charge is -2.36. The molecule has 24 heavy (non-hydrogen) atoms. The van der Waals surface area contributed by atoms with Crippen LogP contribution in [-0.4, -0.2) is 50.4 Å². The lowest BCUT2D eigenvalue weighted by molar-refractivity contribution is -0.170. The number of carbonyl (C=O) groups excluding carboxylic acids is 1. The minimum absolute atomic E-state index is 0.000240. The zero-order valence-electron chi connectivity index (χ0n) is 14.2. The van der Waals surface area contributed by atoms with Crippen LogP contribution in [0.3, 0.4) is 0 Å². The van der Waals surface area contributed by atoms with Gasteiger partial charge in [-0.05, 0) is 32.6 Å². The quantitative estimate of drug-likeness (QED) is 0.573. The highest BCUT2D eigenvalue weighted by Crippen LogP contribution is 2.39. The van der Waals surface area contributed by atoms with E-state index in [0.29, 0.717) is 37.2 Å². The van der Waals surface area contributed by atoms with E-state index in [1.807, 2.05) is 0 Å². The first-order valence-corrected chi connectivity index (χ1v) is 9.39. The van der Waals surface area contributed by atoms with Gasteiger partial charge in [0.2, 0.25) is 5.88 Å². The Bertz CT molecular complexity index is 711. The molecular weight excluding hydrogens is 336 g/mol. The van der Waals surface area contributed by atoms with Crippen molar-refractivity contribution in [3.63, 3.8) is 0 Å². The summed E-state index contributed by atoms with van der Waals surface area (Å²) in [5.41, 5.74) is -0.309. The molecule has 0 saturated heterocycles. The lowest BCUT2D eigenvalue weighted by atomic mass is 9.78. The SMILES string of the molecule is COC(=O)C1(OC)CCC(c2nc(C)cc(OS(C)(=O)=O)n2)CC1. The van der Waals surface area contributed by atoms with Gasteiger partial charge in [-0.1, -0.05) is 0 Å². The molecule has 0 spiro atoms. The molecular formula is C15H22N2O6S. The van der Waals surface area contributed by atoms with E-state index in [9.17, 15) is 13.2 Å². The zero-order chi connectivity index (χ0) is 18.0. The summed E-state index contributed by atoms with van der Waals surface area (Å²) >= 11 is 0. The molecule has 0 N–H and O–H groups in total. The van der Waals surface area contributed by atoms with Crippen molar-refractivity contribution in [2.45, 2.75) is 44.1 Å². The summed E-state index contributed by atoms with van der Waals surface area (Å²) in [7, 11) is -0.811. The number of hydrogen-bond acceptors (Lipinski definition) is 8. The third kappa shape index (κ3) is 4.21. The molecule has 8 nitrogen and oxygen atoms in total. The second-order valence-corrected chi connectivity index (χ2v) is 7.53. The summed E-state index contributed by atoms with van der Waals surface area (Å²) in [6, 6.07) is 1.47. The summed E-state index contributed by atoms with van der Waals surface area (Å²) in [4.78, 5) is 20.6. The van der Waals surface area contributed by atoms with Gasteiger partial charge in [0.15, 0.2) is 5.60 Å². The van der Waals surface area contributed by atoms with E-state index < -0.39 is 15.7 Å². The number of hydrogen-bond donors (Lipinski definition) is 0. The highest BCUT2D eigenvalue weighted by Gasteiger charge is 2.44. The van der Waals surface area contributed by atoms with Crippen LogP contribution in [0.1, 0.15) is 43.1 Å². The van der Waals surface area contributed by atoms with Crippen molar-refractivity contribution in [2.75, 3.05) is 20.5 Å². The number of ether oxygens (including phenoxy) is 2. The number of carbonyl (C=O) groups is 1. The van der Waals surface area contributed by atoms with E-state index in [0.717, 1.165) is 6.26 Å². The van der Waals surface area contributed by atoms with Crippen LogP contribution in [-0.2, 0) is 24.4 Å². The Morgan fingerprint density at radius 1 is 1.25 bits per heavy atom. The summed E-state index contributed by atoms with van der Waals surface area (Å²) < 4.78 is 37.7. The minimum Gasteiger partial charge on any atom is -0.467 e. The molecule has 1 aliphatic carbocycles. The molecule has 1 aromatic rings. The fraction of sp³-hybridized carbons (Fsp3) is 0.667. The number of esters is 1. The van der Waals surface area contributed by atoms with Crippen molar-refractivity contribution < 1.29 is 26.9 Å². The molecule has 0 aliphatic heterocycles. The summed E-state index contributed by atoms with van der Waals surface area (Å²) in [6.45, 7) is 1.75. The Balaban J connectivity index is 2.18. The summed E-state index contributed by atoms with van der Waals surface area (Å²) in [5.74, 6) is 0.147. The Morgan fingerprint density at radius 2 is 1.88 bits per heavy atom. The van der Waals surface area contributed by atoms with E-state index in [-0.39, 0.29) is 17.8 Å². The molecule has 0 radical (unpaired) electrons. The molecule has 0 amide bonds. The third-order valence-corrected chi connectivity index (χ3v) is 4.66. The van der Waals surface area contributed by atoms with Crippen LogP contribution in [0.2, 0.25) is 0 Å². The van der Waals surface area contributed by atoms with Crippen molar-refractivity contribution >= 4 is 16.1 Å². The van der Waals surface area contributed by atoms with Gasteiger partial charge in [0.1, 0.15) is 5.82 Å². The van der Waals surface area contributed by atoms with E-state index in [2.05, 4.69) is 9.97 Å². The maximum Gasteiger partial charge on any atom is 0.338 e. The Kier molecular flexibility index (Phi) is 5.44. The molecule has 0 unspecified atom stereocenters. The molecule has 1 heterocycles. The maximum atomic E-state index is 12.0. The van der Waals surface area contributed by atoms with Crippen molar-refractivity contribution in [2.24, 2.45) is 0 Å². The molecule has 1 aliphatic rings. The van der Waals surface area contributed by atoms with Gasteiger partial charge < -0.3 is 13.7 Å². The maximum absolute atomic E-state index is 12.0. The predicted molar refractivity (Wildman–Crippen MR) is 85.2 cm³/mol. The van der Waals surface area contributed by atoms with E-state index in [1.165, 1.54) is 20.3 Å². The molecule has 134 valence electrons. The van der Waals surface area contributed by atoms with E-state index in [4.69, 9.17) is 13.7 Å². The monoisotopic (exact) mass is 358 g/mol. The second kappa shape index (κ2) is 7.02. The van der Waals surface area contributed by atoms with Gasteiger partial charge in [0, 0.05) is 24.8 Å². The van der Waals surface area contributed by atoms with Crippen molar-refractivity contribution in [3.8, 4) is 5.88 Å².